The van der Waals surface area contributed by atoms with Crippen molar-refractivity contribution >= 4 is 16.9 Å². The first kappa shape index (κ1) is 13.8. The van der Waals surface area contributed by atoms with Crippen molar-refractivity contribution in [2.75, 3.05) is 13.6 Å². The molecule has 0 fully saturated rings. The van der Waals surface area contributed by atoms with Crippen molar-refractivity contribution in [3.8, 4) is 11.8 Å². The van der Waals surface area contributed by atoms with Crippen LogP contribution in [0.1, 0.15) is 22.3 Å². The maximum atomic E-state index is 12.0. The zero-order valence-corrected chi connectivity index (χ0v) is 11.0. The third-order valence-electron chi connectivity index (χ3n) is 2.84. The average Bonchev–Trinajstić information content (AvgIpc) is 2.44. The molecule has 0 spiro atoms. The van der Waals surface area contributed by atoms with E-state index in [1.807, 2.05) is 7.05 Å². The van der Waals surface area contributed by atoms with E-state index in [0.717, 1.165) is 6.54 Å². The van der Waals surface area contributed by atoms with E-state index in [2.05, 4.69) is 22.1 Å². The van der Waals surface area contributed by atoms with Crippen molar-refractivity contribution < 1.29 is 9.90 Å². The molecule has 5 nitrogen and oxygen atoms in total. The molecule has 0 saturated carbocycles. The fraction of sp³-hybridized carbons (Fsp3) is 0.200. The summed E-state index contributed by atoms with van der Waals surface area (Å²) in [6.45, 7) is 0.796. The predicted molar refractivity (Wildman–Crippen MR) is 76.9 cm³/mol. The molecular formula is C15H14N2O3. The predicted octanol–water partition coefficient (Wildman–Crippen LogP) is 1.19. The molecule has 102 valence electrons. The zero-order valence-electron chi connectivity index (χ0n) is 11.0. The van der Waals surface area contributed by atoms with E-state index < -0.39 is 11.4 Å². The van der Waals surface area contributed by atoms with Crippen molar-refractivity contribution in [2.24, 2.45) is 0 Å². The van der Waals surface area contributed by atoms with Gasteiger partial charge in [0, 0.05) is 35.6 Å². The minimum Gasteiger partial charge on any atom is -0.477 e. The molecule has 0 radical (unpaired) electrons. The van der Waals surface area contributed by atoms with Gasteiger partial charge in [0.2, 0.25) is 5.43 Å². The van der Waals surface area contributed by atoms with Gasteiger partial charge in [0.1, 0.15) is 5.56 Å². The first-order valence-electron chi connectivity index (χ1n) is 6.15. The van der Waals surface area contributed by atoms with Gasteiger partial charge >= 0.3 is 5.97 Å². The monoisotopic (exact) mass is 270 g/mol. The Balaban J connectivity index is 2.46. The standard InChI is InChI=1S/C15H14N2O3/c1-16-7-3-2-4-10-5-6-13-11(8-10)14(18)12(9-17-13)15(19)20/h5-6,8-9,16H,3,7H2,1H3,(H,17,18)(H,19,20). The highest BCUT2D eigenvalue weighted by Crippen LogP contribution is 2.10. The van der Waals surface area contributed by atoms with E-state index in [1.54, 1.807) is 18.2 Å². The van der Waals surface area contributed by atoms with E-state index in [-0.39, 0.29) is 5.56 Å². The van der Waals surface area contributed by atoms with E-state index in [4.69, 9.17) is 5.11 Å². The number of H-pyrrole nitrogens is 1. The van der Waals surface area contributed by atoms with Crippen LogP contribution in [0, 0.1) is 11.8 Å². The Morgan fingerprint density at radius 2 is 2.25 bits per heavy atom. The Hall–Kier alpha value is -2.58. The molecule has 1 aromatic carbocycles. The van der Waals surface area contributed by atoms with Crippen LogP contribution in [0.4, 0.5) is 0 Å². The molecule has 2 aromatic rings. The largest absolute Gasteiger partial charge is 0.477 e. The lowest BCUT2D eigenvalue weighted by molar-refractivity contribution is 0.0695. The molecule has 1 aromatic heterocycles. The van der Waals surface area contributed by atoms with Crippen LogP contribution in [0.5, 0.6) is 0 Å². The number of carbonyl (C=O) groups is 1. The quantitative estimate of drug-likeness (QED) is 0.578. The Labute approximate surface area is 115 Å². The molecule has 0 aliphatic heterocycles. The topological polar surface area (TPSA) is 82.2 Å². The van der Waals surface area contributed by atoms with Crippen LogP contribution in [-0.4, -0.2) is 29.7 Å². The minimum absolute atomic E-state index is 0.266. The van der Waals surface area contributed by atoms with Gasteiger partial charge in [0.15, 0.2) is 0 Å². The average molecular weight is 270 g/mol. The Morgan fingerprint density at radius 1 is 1.45 bits per heavy atom. The molecular weight excluding hydrogens is 256 g/mol. The van der Waals surface area contributed by atoms with Crippen LogP contribution in [-0.2, 0) is 0 Å². The van der Waals surface area contributed by atoms with Gasteiger partial charge in [-0.25, -0.2) is 4.79 Å². The molecule has 0 atom stereocenters. The summed E-state index contributed by atoms with van der Waals surface area (Å²) in [5.74, 6) is 4.70. The van der Waals surface area contributed by atoms with Gasteiger partial charge in [-0.1, -0.05) is 11.8 Å². The molecule has 1 heterocycles. The third-order valence-corrected chi connectivity index (χ3v) is 2.84. The van der Waals surface area contributed by atoms with Crippen molar-refractivity contribution in [3.63, 3.8) is 0 Å². The van der Waals surface area contributed by atoms with Gasteiger partial charge in [0.25, 0.3) is 0 Å². The smallest absolute Gasteiger partial charge is 0.341 e. The first-order valence-corrected chi connectivity index (χ1v) is 6.15. The van der Waals surface area contributed by atoms with Crippen LogP contribution in [0.25, 0.3) is 10.9 Å². The summed E-state index contributed by atoms with van der Waals surface area (Å²) in [6, 6.07) is 5.14. The highest BCUT2D eigenvalue weighted by Gasteiger charge is 2.11. The summed E-state index contributed by atoms with van der Waals surface area (Å²) in [4.78, 5) is 25.8. The second-order valence-electron chi connectivity index (χ2n) is 4.25. The number of pyridine rings is 1. The van der Waals surface area contributed by atoms with E-state index in [1.165, 1.54) is 6.20 Å². The maximum Gasteiger partial charge on any atom is 0.341 e. The van der Waals surface area contributed by atoms with Crippen LogP contribution in [0.2, 0.25) is 0 Å². The second kappa shape index (κ2) is 6.04. The molecule has 2 rings (SSSR count). The molecule has 0 aliphatic rings. The number of carboxylic acids is 1. The highest BCUT2D eigenvalue weighted by molar-refractivity contribution is 5.92. The lowest BCUT2D eigenvalue weighted by atomic mass is 10.1. The Bertz CT molecular complexity index is 766. The van der Waals surface area contributed by atoms with E-state index >= 15 is 0 Å². The molecule has 3 N–H and O–H groups in total. The summed E-state index contributed by atoms with van der Waals surface area (Å²) in [6.07, 6.45) is 1.92. The number of rotatable bonds is 3. The van der Waals surface area contributed by atoms with Crippen LogP contribution >= 0.6 is 0 Å². The number of aromatic amines is 1. The number of aromatic carboxylic acids is 1. The SMILES string of the molecule is CNCCC#Cc1ccc2[nH]cc(C(=O)O)c(=O)c2c1. The van der Waals surface area contributed by atoms with Gasteiger partial charge in [-0.15, -0.1) is 0 Å². The molecule has 0 bridgehead atoms. The van der Waals surface area contributed by atoms with Gasteiger partial charge in [-0.2, -0.15) is 0 Å². The molecule has 0 saturated heterocycles. The number of carboxylic acid groups (broad SMARTS) is 1. The summed E-state index contributed by atoms with van der Waals surface area (Å²) in [7, 11) is 1.85. The third kappa shape index (κ3) is 2.87. The normalized spacial score (nSPS) is 10.1. The lowest BCUT2D eigenvalue weighted by Gasteiger charge is -2.00. The van der Waals surface area contributed by atoms with Crippen LogP contribution in [0.3, 0.4) is 0 Å². The lowest BCUT2D eigenvalue weighted by Crippen LogP contribution is -2.15. The number of benzene rings is 1. The molecule has 0 unspecified atom stereocenters. The van der Waals surface area contributed by atoms with Crippen molar-refractivity contribution in [1.29, 1.82) is 0 Å². The summed E-state index contributed by atoms with van der Waals surface area (Å²) >= 11 is 0. The van der Waals surface area contributed by atoms with E-state index in [9.17, 15) is 9.59 Å². The summed E-state index contributed by atoms with van der Waals surface area (Å²) in [5, 5.41) is 12.3. The molecule has 20 heavy (non-hydrogen) atoms. The maximum absolute atomic E-state index is 12.0. The molecule has 0 amide bonds. The summed E-state index contributed by atoms with van der Waals surface area (Å²) in [5.41, 5.74) is 0.533. The fourth-order valence-corrected chi connectivity index (χ4v) is 1.81. The number of nitrogens with one attached hydrogen (secondary N) is 2. The molecule has 5 heteroatoms. The highest BCUT2D eigenvalue weighted by atomic mass is 16.4. The number of hydrogen-bond donors (Lipinski definition) is 3. The zero-order chi connectivity index (χ0) is 14.5. The van der Waals surface area contributed by atoms with Gasteiger partial charge < -0.3 is 15.4 Å². The second-order valence-corrected chi connectivity index (χ2v) is 4.25. The fourth-order valence-electron chi connectivity index (χ4n) is 1.81. The number of hydrogen-bond acceptors (Lipinski definition) is 3. The number of aromatic nitrogens is 1. The molecule has 0 aliphatic carbocycles. The van der Waals surface area contributed by atoms with Crippen LogP contribution < -0.4 is 10.7 Å². The van der Waals surface area contributed by atoms with Gasteiger partial charge in [-0.05, 0) is 25.2 Å². The van der Waals surface area contributed by atoms with Crippen molar-refractivity contribution in [1.82, 2.24) is 10.3 Å². The van der Waals surface area contributed by atoms with Gasteiger partial charge in [0.05, 0.1) is 0 Å². The van der Waals surface area contributed by atoms with E-state index in [0.29, 0.717) is 22.9 Å². The summed E-state index contributed by atoms with van der Waals surface area (Å²) < 4.78 is 0. The Kier molecular flexibility index (Phi) is 4.18. The number of fused-ring (bicyclic) bond motifs is 1. The first-order chi connectivity index (χ1) is 9.63. The van der Waals surface area contributed by atoms with Gasteiger partial charge in [-0.3, -0.25) is 4.79 Å². The van der Waals surface area contributed by atoms with Crippen molar-refractivity contribution in [2.45, 2.75) is 6.42 Å². The minimum atomic E-state index is -1.24. The van der Waals surface area contributed by atoms with Crippen LogP contribution in [0.15, 0.2) is 29.2 Å². The Morgan fingerprint density at radius 3 is 2.95 bits per heavy atom. The van der Waals surface area contributed by atoms with Crippen molar-refractivity contribution in [3.05, 3.63) is 45.7 Å².